The molecular weight excluding hydrogens is 250 g/mol. The molecule has 1 aromatic rings. The van der Waals surface area contributed by atoms with Crippen LogP contribution < -0.4 is 10.1 Å². The van der Waals surface area contributed by atoms with Crippen LogP contribution in [-0.4, -0.2) is 30.4 Å². The Bertz CT molecular complexity index is 372. The van der Waals surface area contributed by atoms with Crippen molar-refractivity contribution < 1.29 is 9.84 Å². The van der Waals surface area contributed by atoms with Crippen LogP contribution in [0.3, 0.4) is 0 Å². The minimum absolute atomic E-state index is 0.502. The van der Waals surface area contributed by atoms with Crippen molar-refractivity contribution in [3.8, 4) is 5.75 Å². The molecule has 1 saturated carbocycles. The molecule has 0 aromatic heterocycles. The van der Waals surface area contributed by atoms with Gasteiger partial charge in [0.1, 0.15) is 12.4 Å². The number of benzene rings is 1. The van der Waals surface area contributed by atoms with E-state index in [2.05, 4.69) is 12.2 Å². The summed E-state index contributed by atoms with van der Waals surface area (Å²) >= 11 is 0. The topological polar surface area (TPSA) is 41.5 Å². The van der Waals surface area contributed by atoms with E-state index in [9.17, 15) is 5.11 Å². The number of hydrogen-bond acceptors (Lipinski definition) is 3. The Labute approximate surface area is 122 Å². The summed E-state index contributed by atoms with van der Waals surface area (Å²) in [7, 11) is 0. The van der Waals surface area contributed by atoms with Gasteiger partial charge in [0.2, 0.25) is 0 Å². The van der Waals surface area contributed by atoms with Gasteiger partial charge in [0.05, 0.1) is 5.60 Å². The Morgan fingerprint density at radius 1 is 1.25 bits per heavy atom. The molecule has 0 radical (unpaired) electrons. The van der Waals surface area contributed by atoms with Crippen molar-refractivity contribution in [2.24, 2.45) is 5.92 Å². The second-order valence-corrected chi connectivity index (χ2v) is 5.91. The number of rotatable bonds is 7. The van der Waals surface area contributed by atoms with Crippen LogP contribution in [-0.2, 0) is 0 Å². The van der Waals surface area contributed by atoms with E-state index in [-0.39, 0.29) is 0 Å². The maximum Gasteiger partial charge on any atom is 0.119 e. The van der Waals surface area contributed by atoms with Gasteiger partial charge in [0.25, 0.3) is 0 Å². The normalized spacial score (nSPS) is 26.4. The molecule has 3 heteroatoms. The Balaban J connectivity index is 1.59. The molecule has 112 valence electrons. The molecule has 0 spiro atoms. The van der Waals surface area contributed by atoms with Gasteiger partial charge in [-0.15, -0.1) is 0 Å². The molecular formula is C17H27NO2. The van der Waals surface area contributed by atoms with E-state index >= 15 is 0 Å². The quantitative estimate of drug-likeness (QED) is 0.753. The molecule has 1 fully saturated rings. The van der Waals surface area contributed by atoms with Gasteiger partial charge in [-0.2, -0.15) is 0 Å². The zero-order chi connectivity index (χ0) is 14.3. The second kappa shape index (κ2) is 7.65. The Morgan fingerprint density at radius 3 is 2.60 bits per heavy atom. The average molecular weight is 277 g/mol. The predicted molar refractivity (Wildman–Crippen MR) is 82.0 cm³/mol. The van der Waals surface area contributed by atoms with Crippen LogP contribution in [0.2, 0.25) is 0 Å². The lowest BCUT2D eigenvalue weighted by Gasteiger charge is -2.36. The standard InChI is InChI=1S/C17H27NO2/c1-2-15-8-10-17(19,11-9-15)14-18-12-13-20-16-6-4-3-5-7-16/h3-7,15,18-19H,2,8-14H2,1H3. The maximum absolute atomic E-state index is 10.5. The highest BCUT2D eigenvalue weighted by Gasteiger charge is 2.31. The van der Waals surface area contributed by atoms with E-state index in [1.54, 1.807) is 0 Å². The molecule has 1 aromatic carbocycles. The lowest BCUT2D eigenvalue weighted by atomic mass is 9.78. The van der Waals surface area contributed by atoms with Gasteiger partial charge in [-0.25, -0.2) is 0 Å². The van der Waals surface area contributed by atoms with Crippen molar-refractivity contribution in [2.45, 2.75) is 44.6 Å². The zero-order valence-corrected chi connectivity index (χ0v) is 12.5. The van der Waals surface area contributed by atoms with Crippen LogP contribution in [0.15, 0.2) is 30.3 Å². The third-order valence-electron chi connectivity index (χ3n) is 4.36. The SMILES string of the molecule is CCC1CCC(O)(CNCCOc2ccccc2)CC1. The third-order valence-corrected chi connectivity index (χ3v) is 4.36. The van der Waals surface area contributed by atoms with Crippen molar-refractivity contribution in [2.75, 3.05) is 19.7 Å². The monoisotopic (exact) mass is 277 g/mol. The fourth-order valence-corrected chi connectivity index (χ4v) is 2.88. The molecule has 1 aliphatic rings. The Hall–Kier alpha value is -1.06. The Kier molecular flexibility index (Phi) is 5.86. The predicted octanol–water partition coefficient (Wildman–Crippen LogP) is 2.99. The van der Waals surface area contributed by atoms with Gasteiger partial charge in [-0.1, -0.05) is 31.5 Å². The van der Waals surface area contributed by atoms with E-state index in [4.69, 9.17) is 4.74 Å². The lowest BCUT2D eigenvalue weighted by molar-refractivity contribution is -0.00886. The van der Waals surface area contributed by atoms with Crippen molar-refractivity contribution in [3.05, 3.63) is 30.3 Å². The van der Waals surface area contributed by atoms with Crippen molar-refractivity contribution in [1.29, 1.82) is 0 Å². The highest BCUT2D eigenvalue weighted by atomic mass is 16.5. The number of para-hydroxylation sites is 1. The molecule has 3 nitrogen and oxygen atoms in total. The van der Waals surface area contributed by atoms with Gasteiger partial charge < -0.3 is 15.2 Å². The van der Waals surface area contributed by atoms with Crippen LogP contribution >= 0.6 is 0 Å². The smallest absolute Gasteiger partial charge is 0.119 e. The highest BCUT2D eigenvalue weighted by molar-refractivity contribution is 5.20. The molecule has 0 heterocycles. The van der Waals surface area contributed by atoms with Gasteiger partial charge in [0, 0.05) is 13.1 Å². The molecule has 0 amide bonds. The minimum Gasteiger partial charge on any atom is -0.492 e. The molecule has 20 heavy (non-hydrogen) atoms. The summed E-state index contributed by atoms with van der Waals surface area (Å²) in [6.07, 6.45) is 5.43. The summed E-state index contributed by atoms with van der Waals surface area (Å²) in [6.45, 7) is 4.34. The molecule has 1 aliphatic carbocycles. The summed E-state index contributed by atoms with van der Waals surface area (Å²) in [5.74, 6) is 1.72. The first kappa shape index (κ1) is 15.3. The molecule has 0 saturated heterocycles. The largest absolute Gasteiger partial charge is 0.492 e. The van der Waals surface area contributed by atoms with Crippen LogP contribution in [0, 0.1) is 5.92 Å². The van der Waals surface area contributed by atoms with Gasteiger partial charge in [-0.3, -0.25) is 0 Å². The molecule has 0 bridgehead atoms. The number of ether oxygens (including phenoxy) is 1. The first-order chi connectivity index (χ1) is 9.72. The number of aliphatic hydroxyl groups is 1. The highest BCUT2D eigenvalue weighted by Crippen LogP contribution is 2.33. The fraction of sp³-hybridized carbons (Fsp3) is 0.647. The number of nitrogens with one attached hydrogen (secondary N) is 1. The van der Waals surface area contributed by atoms with Gasteiger partial charge >= 0.3 is 0 Å². The van der Waals surface area contributed by atoms with Crippen LogP contribution in [0.4, 0.5) is 0 Å². The summed E-state index contributed by atoms with van der Waals surface area (Å²) in [5, 5.41) is 13.8. The van der Waals surface area contributed by atoms with Crippen LogP contribution in [0.5, 0.6) is 5.75 Å². The Morgan fingerprint density at radius 2 is 1.95 bits per heavy atom. The summed E-state index contributed by atoms with van der Waals surface area (Å²) < 4.78 is 5.62. The van der Waals surface area contributed by atoms with Gasteiger partial charge in [-0.05, 0) is 43.7 Å². The molecule has 2 N–H and O–H groups in total. The van der Waals surface area contributed by atoms with Crippen LogP contribution in [0.25, 0.3) is 0 Å². The zero-order valence-electron chi connectivity index (χ0n) is 12.5. The first-order valence-electron chi connectivity index (χ1n) is 7.83. The summed E-state index contributed by atoms with van der Waals surface area (Å²) in [5.41, 5.74) is -0.502. The van der Waals surface area contributed by atoms with E-state index < -0.39 is 5.60 Å². The molecule has 0 atom stereocenters. The molecule has 0 aliphatic heterocycles. The van der Waals surface area contributed by atoms with E-state index in [1.807, 2.05) is 30.3 Å². The van der Waals surface area contributed by atoms with Crippen LogP contribution in [0.1, 0.15) is 39.0 Å². The first-order valence-corrected chi connectivity index (χ1v) is 7.83. The molecule has 0 unspecified atom stereocenters. The lowest BCUT2D eigenvalue weighted by Crippen LogP contribution is -2.44. The van der Waals surface area contributed by atoms with Crippen molar-refractivity contribution >= 4 is 0 Å². The average Bonchev–Trinajstić information content (AvgIpc) is 2.49. The third kappa shape index (κ3) is 4.80. The number of hydrogen-bond donors (Lipinski definition) is 2. The van der Waals surface area contributed by atoms with E-state index in [0.717, 1.165) is 43.9 Å². The van der Waals surface area contributed by atoms with Crippen molar-refractivity contribution in [3.63, 3.8) is 0 Å². The molecule has 2 rings (SSSR count). The second-order valence-electron chi connectivity index (χ2n) is 5.91. The van der Waals surface area contributed by atoms with E-state index in [0.29, 0.717) is 13.2 Å². The fourth-order valence-electron chi connectivity index (χ4n) is 2.88. The van der Waals surface area contributed by atoms with Gasteiger partial charge in [0.15, 0.2) is 0 Å². The van der Waals surface area contributed by atoms with Crippen molar-refractivity contribution in [1.82, 2.24) is 5.32 Å². The maximum atomic E-state index is 10.5. The minimum atomic E-state index is -0.502. The van der Waals surface area contributed by atoms with E-state index in [1.165, 1.54) is 6.42 Å². The summed E-state index contributed by atoms with van der Waals surface area (Å²) in [4.78, 5) is 0. The summed E-state index contributed by atoms with van der Waals surface area (Å²) in [6, 6.07) is 9.84.